The number of hydrogen-bond acceptors (Lipinski definition) is 2. The molecule has 0 N–H and O–H groups in total. The molecule has 7 rings (SSSR count). The molecule has 0 radical (unpaired) electrons. The van der Waals surface area contributed by atoms with Gasteiger partial charge in [-0.05, 0) is 70.8 Å². The van der Waals surface area contributed by atoms with E-state index in [0.29, 0.717) is 0 Å². The van der Waals surface area contributed by atoms with Gasteiger partial charge >= 0.3 is 0 Å². The molecule has 0 aliphatic heterocycles. The van der Waals surface area contributed by atoms with Gasteiger partial charge in [0.15, 0.2) is 0 Å². The quantitative estimate of drug-likeness (QED) is 0.240. The lowest BCUT2D eigenvalue weighted by Crippen LogP contribution is -2.09. The fourth-order valence-corrected chi connectivity index (χ4v) is 5.17. The van der Waals surface area contributed by atoms with Crippen molar-refractivity contribution in [2.45, 2.75) is 0 Å². The zero-order chi connectivity index (χ0) is 25.3. The average molecular weight is 488 g/mol. The van der Waals surface area contributed by atoms with Gasteiger partial charge in [-0.1, -0.05) is 97.1 Å². The van der Waals surface area contributed by atoms with E-state index in [1.54, 1.807) is 0 Å². The SMILES string of the molecule is c1ccc(-c2ccc(N(c3ccccc3)c3ccc4c(c3)oc3cc(-c5ccccc5)ccc34)cc2)cc1. The van der Waals surface area contributed by atoms with Crippen LogP contribution in [0.4, 0.5) is 17.1 Å². The summed E-state index contributed by atoms with van der Waals surface area (Å²) >= 11 is 0. The summed E-state index contributed by atoms with van der Waals surface area (Å²) in [5.74, 6) is 0. The van der Waals surface area contributed by atoms with Crippen LogP contribution in [-0.4, -0.2) is 0 Å². The van der Waals surface area contributed by atoms with Crippen LogP contribution < -0.4 is 4.90 Å². The Morgan fingerprint density at radius 3 is 1.45 bits per heavy atom. The molecule has 2 nitrogen and oxygen atoms in total. The monoisotopic (exact) mass is 487 g/mol. The van der Waals surface area contributed by atoms with E-state index in [9.17, 15) is 0 Å². The summed E-state index contributed by atoms with van der Waals surface area (Å²) in [6, 6.07) is 53.1. The molecular weight excluding hydrogens is 462 g/mol. The number of rotatable bonds is 5. The first-order valence-electron chi connectivity index (χ1n) is 12.9. The zero-order valence-corrected chi connectivity index (χ0v) is 20.8. The van der Waals surface area contributed by atoms with Crippen LogP contribution in [0.5, 0.6) is 0 Å². The second-order valence-corrected chi connectivity index (χ2v) is 9.44. The first kappa shape index (κ1) is 22.1. The molecule has 0 aliphatic rings. The van der Waals surface area contributed by atoms with E-state index in [4.69, 9.17) is 4.42 Å². The Morgan fingerprint density at radius 1 is 0.342 bits per heavy atom. The second-order valence-electron chi connectivity index (χ2n) is 9.44. The molecule has 7 aromatic rings. The third-order valence-electron chi connectivity index (χ3n) is 7.07. The lowest BCUT2D eigenvalue weighted by Gasteiger charge is -2.25. The van der Waals surface area contributed by atoms with E-state index in [1.807, 2.05) is 18.2 Å². The van der Waals surface area contributed by atoms with Gasteiger partial charge < -0.3 is 9.32 Å². The minimum absolute atomic E-state index is 0.879. The van der Waals surface area contributed by atoms with E-state index < -0.39 is 0 Å². The maximum absolute atomic E-state index is 6.43. The molecule has 0 saturated carbocycles. The van der Waals surface area contributed by atoms with Crippen LogP contribution in [0.15, 0.2) is 156 Å². The molecule has 38 heavy (non-hydrogen) atoms. The van der Waals surface area contributed by atoms with Gasteiger partial charge in [-0.25, -0.2) is 0 Å². The summed E-state index contributed by atoms with van der Waals surface area (Å²) in [7, 11) is 0. The first-order chi connectivity index (χ1) is 18.8. The smallest absolute Gasteiger partial charge is 0.137 e. The molecule has 0 unspecified atom stereocenters. The summed E-state index contributed by atoms with van der Waals surface area (Å²) in [6.45, 7) is 0. The van der Waals surface area contributed by atoms with Gasteiger partial charge in [0.2, 0.25) is 0 Å². The number of furan rings is 1. The Hall–Kier alpha value is -5.08. The van der Waals surface area contributed by atoms with Crippen molar-refractivity contribution in [3.63, 3.8) is 0 Å². The van der Waals surface area contributed by atoms with E-state index in [0.717, 1.165) is 44.6 Å². The molecule has 1 aromatic heterocycles. The van der Waals surface area contributed by atoms with Crippen molar-refractivity contribution in [3.8, 4) is 22.3 Å². The number of nitrogens with zero attached hydrogens (tertiary/aromatic N) is 1. The predicted octanol–water partition coefficient (Wildman–Crippen LogP) is 10.4. The number of anilines is 3. The lowest BCUT2D eigenvalue weighted by molar-refractivity contribution is 0.669. The third kappa shape index (κ3) is 4.03. The zero-order valence-electron chi connectivity index (χ0n) is 20.8. The van der Waals surface area contributed by atoms with Crippen molar-refractivity contribution >= 4 is 39.0 Å². The molecule has 6 aromatic carbocycles. The maximum atomic E-state index is 6.43. The highest BCUT2D eigenvalue weighted by atomic mass is 16.3. The van der Waals surface area contributed by atoms with Crippen LogP contribution in [0.3, 0.4) is 0 Å². The van der Waals surface area contributed by atoms with E-state index >= 15 is 0 Å². The third-order valence-corrected chi connectivity index (χ3v) is 7.07. The van der Waals surface area contributed by atoms with Crippen LogP contribution in [-0.2, 0) is 0 Å². The van der Waals surface area contributed by atoms with Crippen molar-refractivity contribution in [2.75, 3.05) is 4.90 Å². The Labute approximate surface area is 222 Å². The summed E-state index contributed by atoms with van der Waals surface area (Å²) in [5.41, 5.74) is 9.78. The van der Waals surface area contributed by atoms with E-state index in [1.165, 1.54) is 16.7 Å². The number of benzene rings is 6. The Kier molecular flexibility index (Phi) is 5.49. The van der Waals surface area contributed by atoms with Gasteiger partial charge in [0.25, 0.3) is 0 Å². The van der Waals surface area contributed by atoms with Gasteiger partial charge in [0, 0.05) is 33.9 Å². The minimum atomic E-state index is 0.879. The van der Waals surface area contributed by atoms with Gasteiger partial charge in [-0.3, -0.25) is 0 Å². The van der Waals surface area contributed by atoms with Crippen LogP contribution in [0.1, 0.15) is 0 Å². The minimum Gasteiger partial charge on any atom is -0.456 e. The van der Waals surface area contributed by atoms with Gasteiger partial charge in [0.1, 0.15) is 11.2 Å². The fourth-order valence-electron chi connectivity index (χ4n) is 5.17. The maximum Gasteiger partial charge on any atom is 0.137 e. The Bertz CT molecular complexity index is 1840. The summed E-state index contributed by atoms with van der Waals surface area (Å²) in [6.07, 6.45) is 0. The van der Waals surface area contributed by atoms with Crippen LogP contribution in [0.25, 0.3) is 44.2 Å². The van der Waals surface area contributed by atoms with Crippen LogP contribution in [0, 0.1) is 0 Å². The van der Waals surface area contributed by atoms with E-state index in [-0.39, 0.29) is 0 Å². The number of fused-ring (bicyclic) bond motifs is 3. The van der Waals surface area contributed by atoms with Gasteiger partial charge in [-0.2, -0.15) is 0 Å². The Balaban J connectivity index is 1.32. The topological polar surface area (TPSA) is 16.4 Å². The fraction of sp³-hybridized carbons (Fsp3) is 0. The molecule has 180 valence electrons. The highest BCUT2D eigenvalue weighted by Crippen LogP contribution is 2.39. The highest BCUT2D eigenvalue weighted by molar-refractivity contribution is 6.07. The molecular formula is C36H25NO. The van der Waals surface area contributed by atoms with Crippen molar-refractivity contribution in [1.82, 2.24) is 0 Å². The van der Waals surface area contributed by atoms with Gasteiger partial charge in [0.05, 0.1) is 0 Å². The molecule has 2 heteroatoms. The Morgan fingerprint density at radius 2 is 0.789 bits per heavy atom. The van der Waals surface area contributed by atoms with Crippen LogP contribution >= 0.6 is 0 Å². The van der Waals surface area contributed by atoms with Crippen LogP contribution in [0.2, 0.25) is 0 Å². The summed E-state index contributed by atoms with van der Waals surface area (Å²) < 4.78 is 6.43. The van der Waals surface area contributed by atoms with Crippen molar-refractivity contribution in [2.24, 2.45) is 0 Å². The van der Waals surface area contributed by atoms with Crippen molar-refractivity contribution in [1.29, 1.82) is 0 Å². The predicted molar refractivity (Wildman–Crippen MR) is 159 cm³/mol. The molecule has 1 heterocycles. The van der Waals surface area contributed by atoms with Gasteiger partial charge in [-0.15, -0.1) is 0 Å². The molecule has 0 saturated heterocycles. The second kappa shape index (κ2) is 9.42. The largest absolute Gasteiger partial charge is 0.456 e. The molecule has 0 atom stereocenters. The highest BCUT2D eigenvalue weighted by Gasteiger charge is 2.16. The summed E-state index contributed by atoms with van der Waals surface area (Å²) in [4.78, 5) is 2.27. The summed E-state index contributed by atoms with van der Waals surface area (Å²) in [5, 5.41) is 2.25. The lowest BCUT2D eigenvalue weighted by atomic mass is 10.0. The number of para-hydroxylation sites is 1. The first-order valence-corrected chi connectivity index (χ1v) is 12.9. The van der Waals surface area contributed by atoms with Crippen molar-refractivity contribution < 1.29 is 4.42 Å². The van der Waals surface area contributed by atoms with Crippen molar-refractivity contribution in [3.05, 3.63) is 152 Å². The number of hydrogen-bond donors (Lipinski definition) is 0. The normalized spacial score (nSPS) is 11.2. The van der Waals surface area contributed by atoms with E-state index in [2.05, 4.69) is 138 Å². The molecule has 0 fully saturated rings. The molecule has 0 spiro atoms. The standard InChI is InChI=1S/C36H25NO/c1-4-10-26(11-5-1)28-16-19-31(20-17-28)37(30-14-8-3-9-15-30)32-21-23-34-33-22-18-29(27-12-6-2-7-13-27)24-35(33)38-36(34)25-32/h1-25H. The molecule has 0 aliphatic carbocycles. The molecule has 0 bridgehead atoms. The average Bonchev–Trinajstić information content (AvgIpc) is 3.36. The molecule has 0 amide bonds.